The number of carbonyl (C=O) groups excluding carboxylic acids is 2. The van der Waals surface area contributed by atoms with Gasteiger partial charge in [-0.1, -0.05) is 18.2 Å². The van der Waals surface area contributed by atoms with Gasteiger partial charge in [0.05, 0.1) is 6.42 Å². The number of carbonyl (C=O) groups is 2. The fourth-order valence-corrected chi connectivity index (χ4v) is 2.12. The summed E-state index contributed by atoms with van der Waals surface area (Å²) in [6, 6.07) is 13.1. The van der Waals surface area contributed by atoms with E-state index in [-0.39, 0.29) is 11.8 Å². The molecule has 0 aliphatic heterocycles. The minimum absolute atomic E-state index is 0.0597. The Labute approximate surface area is 130 Å². The average molecular weight is 296 g/mol. The SMILES string of the molecule is CC(=O)Nc1ccc(CC(=O)Nc2ccc(C)c(C)c2)cc1. The molecular formula is C18H20N2O2. The Balaban J connectivity index is 1.96. The molecule has 114 valence electrons. The van der Waals surface area contributed by atoms with Gasteiger partial charge in [0.15, 0.2) is 0 Å². The van der Waals surface area contributed by atoms with Gasteiger partial charge in [-0.3, -0.25) is 9.59 Å². The lowest BCUT2D eigenvalue weighted by Crippen LogP contribution is -2.14. The number of rotatable bonds is 4. The molecule has 2 amide bonds. The van der Waals surface area contributed by atoms with Crippen molar-refractivity contribution in [3.8, 4) is 0 Å². The molecule has 0 fully saturated rings. The molecule has 0 bridgehead atoms. The smallest absolute Gasteiger partial charge is 0.228 e. The number of nitrogens with one attached hydrogen (secondary N) is 2. The maximum absolute atomic E-state index is 12.1. The highest BCUT2D eigenvalue weighted by Crippen LogP contribution is 2.15. The summed E-state index contributed by atoms with van der Waals surface area (Å²) >= 11 is 0. The number of benzene rings is 2. The van der Waals surface area contributed by atoms with Crippen molar-refractivity contribution in [1.82, 2.24) is 0 Å². The molecule has 2 aromatic rings. The van der Waals surface area contributed by atoms with Gasteiger partial charge >= 0.3 is 0 Å². The Kier molecular flexibility index (Phi) is 4.94. The molecule has 2 rings (SSSR count). The van der Waals surface area contributed by atoms with Crippen LogP contribution >= 0.6 is 0 Å². The number of hydrogen-bond donors (Lipinski definition) is 2. The molecular weight excluding hydrogens is 276 g/mol. The summed E-state index contributed by atoms with van der Waals surface area (Å²) in [5, 5.41) is 5.59. The monoisotopic (exact) mass is 296 g/mol. The van der Waals surface area contributed by atoms with Crippen molar-refractivity contribution < 1.29 is 9.59 Å². The predicted molar refractivity (Wildman–Crippen MR) is 89.0 cm³/mol. The molecule has 0 unspecified atom stereocenters. The van der Waals surface area contributed by atoms with Crippen LogP contribution in [0.2, 0.25) is 0 Å². The number of hydrogen-bond acceptors (Lipinski definition) is 2. The normalized spacial score (nSPS) is 10.1. The van der Waals surface area contributed by atoms with Gasteiger partial charge in [-0.15, -0.1) is 0 Å². The van der Waals surface area contributed by atoms with Crippen LogP contribution in [-0.2, 0) is 16.0 Å². The molecule has 22 heavy (non-hydrogen) atoms. The average Bonchev–Trinajstić information content (AvgIpc) is 2.44. The van der Waals surface area contributed by atoms with Gasteiger partial charge < -0.3 is 10.6 Å². The van der Waals surface area contributed by atoms with E-state index in [1.807, 2.05) is 44.2 Å². The minimum Gasteiger partial charge on any atom is -0.326 e. The molecule has 4 nitrogen and oxygen atoms in total. The van der Waals surface area contributed by atoms with Gasteiger partial charge in [0.25, 0.3) is 0 Å². The standard InChI is InChI=1S/C18H20N2O2/c1-12-4-7-17(10-13(12)2)20-18(22)11-15-5-8-16(9-6-15)19-14(3)21/h4-10H,11H2,1-3H3,(H,19,21)(H,20,22). The van der Waals surface area contributed by atoms with Gasteiger partial charge in [-0.05, 0) is 54.8 Å². The topological polar surface area (TPSA) is 58.2 Å². The Bertz CT molecular complexity index is 691. The van der Waals surface area contributed by atoms with Crippen molar-refractivity contribution in [2.24, 2.45) is 0 Å². The molecule has 0 saturated carbocycles. The van der Waals surface area contributed by atoms with Crippen LogP contribution in [-0.4, -0.2) is 11.8 Å². The van der Waals surface area contributed by atoms with Crippen LogP contribution in [0.1, 0.15) is 23.6 Å². The van der Waals surface area contributed by atoms with Gasteiger partial charge in [-0.25, -0.2) is 0 Å². The minimum atomic E-state index is -0.111. The van der Waals surface area contributed by atoms with Crippen LogP contribution in [0.4, 0.5) is 11.4 Å². The molecule has 0 atom stereocenters. The van der Waals surface area contributed by atoms with Crippen molar-refractivity contribution in [3.05, 3.63) is 59.2 Å². The highest BCUT2D eigenvalue weighted by Gasteiger charge is 2.05. The second-order valence-electron chi connectivity index (χ2n) is 5.40. The third kappa shape index (κ3) is 4.45. The van der Waals surface area contributed by atoms with E-state index in [4.69, 9.17) is 0 Å². The lowest BCUT2D eigenvalue weighted by atomic mass is 10.1. The molecule has 4 heteroatoms. The zero-order valence-corrected chi connectivity index (χ0v) is 13.1. The van der Waals surface area contributed by atoms with E-state index in [1.165, 1.54) is 12.5 Å². The lowest BCUT2D eigenvalue weighted by Gasteiger charge is -2.08. The molecule has 0 aromatic heterocycles. The van der Waals surface area contributed by atoms with E-state index in [0.717, 1.165) is 22.5 Å². The summed E-state index contributed by atoms with van der Waals surface area (Å²) < 4.78 is 0. The summed E-state index contributed by atoms with van der Waals surface area (Å²) in [5.74, 6) is -0.171. The zero-order valence-electron chi connectivity index (χ0n) is 13.1. The highest BCUT2D eigenvalue weighted by molar-refractivity contribution is 5.92. The van der Waals surface area contributed by atoms with Gasteiger partial charge in [0.1, 0.15) is 0 Å². The highest BCUT2D eigenvalue weighted by atomic mass is 16.2. The lowest BCUT2D eigenvalue weighted by molar-refractivity contribution is -0.116. The molecule has 0 aliphatic carbocycles. The zero-order chi connectivity index (χ0) is 16.1. The fraction of sp³-hybridized carbons (Fsp3) is 0.222. The summed E-state index contributed by atoms with van der Waals surface area (Å²) in [4.78, 5) is 23.0. The first-order valence-electron chi connectivity index (χ1n) is 7.17. The van der Waals surface area contributed by atoms with Crippen LogP contribution in [0, 0.1) is 13.8 Å². The fourth-order valence-electron chi connectivity index (χ4n) is 2.12. The van der Waals surface area contributed by atoms with Crippen LogP contribution in [0.25, 0.3) is 0 Å². The van der Waals surface area contributed by atoms with Crippen molar-refractivity contribution in [2.45, 2.75) is 27.2 Å². The maximum atomic E-state index is 12.1. The van der Waals surface area contributed by atoms with Gasteiger partial charge in [-0.2, -0.15) is 0 Å². The second-order valence-corrected chi connectivity index (χ2v) is 5.40. The number of aryl methyl sites for hydroxylation is 2. The first kappa shape index (κ1) is 15.8. The van der Waals surface area contributed by atoms with Crippen molar-refractivity contribution in [1.29, 1.82) is 0 Å². The van der Waals surface area contributed by atoms with Crippen LogP contribution < -0.4 is 10.6 Å². The third-order valence-corrected chi connectivity index (χ3v) is 3.43. The number of anilines is 2. The molecule has 2 aromatic carbocycles. The molecule has 0 radical (unpaired) electrons. The summed E-state index contributed by atoms with van der Waals surface area (Å²) in [5.41, 5.74) is 4.79. The van der Waals surface area contributed by atoms with Crippen molar-refractivity contribution in [2.75, 3.05) is 10.6 Å². The van der Waals surface area contributed by atoms with Gasteiger partial charge in [0.2, 0.25) is 11.8 Å². The van der Waals surface area contributed by atoms with E-state index >= 15 is 0 Å². The molecule has 0 saturated heterocycles. The van der Waals surface area contributed by atoms with Crippen molar-refractivity contribution >= 4 is 23.2 Å². The quantitative estimate of drug-likeness (QED) is 0.908. The predicted octanol–water partition coefficient (Wildman–Crippen LogP) is 3.44. The molecule has 0 spiro atoms. The van der Waals surface area contributed by atoms with Crippen molar-refractivity contribution in [3.63, 3.8) is 0 Å². The number of amides is 2. The third-order valence-electron chi connectivity index (χ3n) is 3.43. The largest absolute Gasteiger partial charge is 0.326 e. The Morgan fingerprint density at radius 3 is 2.09 bits per heavy atom. The molecule has 2 N–H and O–H groups in total. The first-order valence-corrected chi connectivity index (χ1v) is 7.17. The summed E-state index contributed by atoms with van der Waals surface area (Å²) in [6.07, 6.45) is 0.299. The Morgan fingerprint density at radius 1 is 0.864 bits per heavy atom. The van der Waals surface area contributed by atoms with E-state index < -0.39 is 0 Å². The Hall–Kier alpha value is -2.62. The molecule has 0 heterocycles. The van der Waals surface area contributed by atoms with E-state index in [9.17, 15) is 9.59 Å². The van der Waals surface area contributed by atoms with E-state index in [0.29, 0.717) is 6.42 Å². The van der Waals surface area contributed by atoms with Gasteiger partial charge in [0, 0.05) is 18.3 Å². The second kappa shape index (κ2) is 6.89. The summed E-state index contributed by atoms with van der Waals surface area (Å²) in [7, 11) is 0. The van der Waals surface area contributed by atoms with Crippen LogP contribution in [0.5, 0.6) is 0 Å². The summed E-state index contributed by atoms with van der Waals surface area (Å²) in [6.45, 7) is 5.52. The first-order chi connectivity index (χ1) is 10.4. The van der Waals surface area contributed by atoms with E-state index in [2.05, 4.69) is 10.6 Å². The van der Waals surface area contributed by atoms with E-state index in [1.54, 1.807) is 12.1 Å². The molecule has 0 aliphatic rings. The van der Waals surface area contributed by atoms with Crippen LogP contribution in [0.3, 0.4) is 0 Å². The van der Waals surface area contributed by atoms with Crippen LogP contribution in [0.15, 0.2) is 42.5 Å². The maximum Gasteiger partial charge on any atom is 0.228 e. The Morgan fingerprint density at radius 2 is 1.50 bits per heavy atom.